The van der Waals surface area contributed by atoms with E-state index in [1.807, 2.05) is 31.4 Å². The van der Waals surface area contributed by atoms with Crippen LogP contribution in [-0.2, 0) is 0 Å². The summed E-state index contributed by atoms with van der Waals surface area (Å²) in [4.78, 5) is 4.14. The maximum absolute atomic E-state index is 4.14. The SMILES string of the molecule is CC1=CC=N/C(C)=C/C=C1. The van der Waals surface area contributed by atoms with Crippen molar-refractivity contribution >= 4 is 6.21 Å². The fourth-order valence-corrected chi connectivity index (χ4v) is 0.710. The van der Waals surface area contributed by atoms with Crippen LogP contribution in [-0.4, -0.2) is 6.21 Å². The van der Waals surface area contributed by atoms with Gasteiger partial charge in [0.1, 0.15) is 0 Å². The van der Waals surface area contributed by atoms with Crippen LogP contribution in [0.4, 0.5) is 0 Å². The summed E-state index contributed by atoms with van der Waals surface area (Å²) in [5.41, 5.74) is 2.27. The van der Waals surface area contributed by atoms with Crippen molar-refractivity contribution in [3.05, 3.63) is 35.6 Å². The van der Waals surface area contributed by atoms with E-state index < -0.39 is 0 Å². The smallest absolute Gasteiger partial charge is 0.0372 e. The third-order valence-electron chi connectivity index (χ3n) is 1.31. The van der Waals surface area contributed by atoms with Gasteiger partial charge in [0.2, 0.25) is 0 Å². The van der Waals surface area contributed by atoms with E-state index in [9.17, 15) is 0 Å². The largest absolute Gasteiger partial charge is 0.262 e. The second kappa shape index (κ2) is 3.16. The molecule has 0 bridgehead atoms. The molecule has 1 aliphatic rings. The highest BCUT2D eigenvalue weighted by atomic mass is 14.7. The molecule has 10 heavy (non-hydrogen) atoms. The summed E-state index contributed by atoms with van der Waals surface area (Å²) in [5.74, 6) is 0. The van der Waals surface area contributed by atoms with E-state index in [1.165, 1.54) is 5.57 Å². The van der Waals surface area contributed by atoms with E-state index in [1.54, 1.807) is 0 Å². The summed E-state index contributed by atoms with van der Waals surface area (Å²) in [5, 5.41) is 0. The third-order valence-corrected chi connectivity index (χ3v) is 1.31. The Morgan fingerprint density at radius 1 is 1.20 bits per heavy atom. The average Bonchev–Trinajstić information content (AvgIpc) is 1.84. The van der Waals surface area contributed by atoms with Crippen LogP contribution in [0, 0.1) is 0 Å². The van der Waals surface area contributed by atoms with Gasteiger partial charge < -0.3 is 0 Å². The van der Waals surface area contributed by atoms with Crippen LogP contribution in [0.25, 0.3) is 0 Å². The van der Waals surface area contributed by atoms with Gasteiger partial charge in [-0.25, -0.2) is 0 Å². The summed E-state index contributed by atoms with van der Waals surface area (Å²) in [6, 6.07) is 0. The molecule has 0 atom stereocenters. The first-order valence-electron chi connectivity index (χ1n) is 3.35. The molecule has 1 heterocycles. The maximum Gasteiger partial charge on any atom is 0.0372 e. The predicted octanol–water partition coefficient (Wildman–Crippen LogP) is 2.48. The van der Waals surface area contributed by atoms with Crippen LogP contribution in [0.15, 0.2) is 40.6 Å². The lowest BCUT2D eigenvalue weighted by atomic mass is 10.2. The Bertz CT molecular complexity index is 203. The van der Waals surface area contributed by atoms with E-state index in [0.717, 1.165) is 5.70 Å². The summed E-state index contributed by atoms with van der Waals surface area (Å²) in [7, 11) is 0. The molecule has 0 unspecified atom stereocenters. The number of rotatable bonds is 0. The van der Waals surface area contributed by atoms with Gasteiger partial charge in [0, 0.05) is 11.9 Å². The summed E-state index contributed by atoms with van der Waals surface area (Å²) < 4.78 is 0. The van der Waals surface area contributed by atoms with Crippen LogP contribution in [0.2, 0.25) is 0 Å². The Labute approximate surface area is 61.5 Å². The maximum atomic E-state index is 4.14. The third kappa shape index (κ3) is 2.02. The van der Waals surface area contributed by atoms with Gasteiger partial charge in [-0.15, -0.1) is 0 Å². The highest BCUT2D eigenvalue weighted by Gasteiger charge is 1.83. The van der Waals surface area contributed by atoms with Crippen molar-refractivity contribution in [3.8, 4) is 0 Å². The predicted molar refractivity (Wildman–Crippen MR) is 45.1 cm³/mol. The molecule has 0 saturated heterocycles. The van der Waals surface area contributed by atoms with E-state index >= 15 is 0 Å². The normalized spacial score (nSPS) is 22.6. The standard InChI is InChI=1S/C9H11N/c1-8-4-3-5-9(2)10-7-6-8/h3-7H,1-2H3/b4-3?,5-3?,7-6?,8-4?,8-6?,9-5+,10-7?,10-9?. The van der Waals surface area contributed by atoms with Gasteiger partial charge in [0.25, 0.3) is 0 Å². The molecule has 0 aromatic carbocycles. The zero-order valence-electron chi connectivity index (χ0n) is 6.33. The fourth-order valence-electron chi connectivity index (χ4n) is 0.710. The van der Waals surface area contributed by atoms with Crippen LogP contribution in [0.5, 0.6) is 0 Å². The fraction of sp³-hybridized carbons (Fsp3) is 0.222. The van der Waals surface area contributed by atoms with Crippen molar-refractivity contribution in [2.24, 2.45) is 4.99 Å². The minimum atomic E-state index is 1.04. The number of nitrogens with zero attached hydrogens (tertiary/aromatic N) is 1. The van der Waals surface area contributed by atoms with E-state index in [0.29, 0.717) is 0 Å². The molecule has 0 radical (unpaired) electrons. The van der Waals surface area contributed by atoms with Crippen molar-refractivity contribution in [2.75, 3.05) is 0 Å². The Kier molecular flexibility index (Phi) is 2.21. The molecule has 1 heteroatoms. The molecule has 1 aliphatic heterocycles. The van der Waals surface area contributed by atoms with Crippen LogP contribution >= 0.6 is 0 Å². The minimum absolute atomic E-state index is 1.04. The highest BCUT2D eigenvalue weighted by Crippen LogP contribution is 2.01. The lowest BCUT2D eigenvalue weighted by Gasteiger charge is -1.92. The van der Waals surface area contributed by atoms with Crippen LogP contribution in [0.3, 0.4) is 0 Å². The first-order valence-corrected chi connectivity index (χ1v) is 3.35. The van der Waals surface area contributed by atoms with Crippen LogP contribution in [0.1, 0.15) is 13.8 Å². The monoisotopic (exact) mass is 133 g/mol. The van der Waals surface area contributed by atoms with Crippen LogP contribution < -0.4 is 0 Å². The molecule has 0 aromatic rings. The molecule has 0 spiro atoms. The summed E-state index contributed by atoms with van der Waals surface area (Å²) >= 11 is 0. The van der Waals surface area contributed by atoms with Crippen molar-refractivity contribution in [1.29, 1.82) is 0 Å². The van der Waals surface area contributed by atoms with E-state index in [-0.39, 0.29) is 0 Å². The van der Waals surface area contributed by atoms with E-state index in [4.69, 9.17) is 0 Å². The van der Waals surface area contributed by atoms with Gasteiger partial charge in [-0.05, 0) is 31.6 Å². The topological polar surface area (TPSA) is 12.4 Å². The van der Waals surface area contributed by atoms with Crippen molar-refractivity contribution in [1.82, 2.24) is 0 Å². The molecular weight excluding hydrogens is 122 g/mol. The molecular formula is C9H11N. The van der Waals surface area contributed by atoms with Gasteiger partial charge in [-0.3, -0.25) is 4.99 Å². The molecule has 1 rings (SSSR count). The van der Waals surface area contributed by atoms with Gasteiger partial charge in [-0.1, -0.05) is 12.2 Å². The quantitative estimate of drug-likeness (QED) is 0.481. The first kappa shape index (κ1) is 7.00. The lowest BCUT2D eigenvalue weighted by molar-refractivity contribution is 1.31. The van der Waals surface area contributed by atoms with Crippen molar-refractivity contribution in [2.45, 2.75) is 13.8 Å². The molecule has 0 saturated carbocycles. The Morgan fingerprint density at radius 2 is 2.00 bits per heavy atom. The Morgan fingerprint density at radius 3 is 2.80 bits per heavy atom. The number of aliphatic imine (C=N–C) groups is 1. The minimum Gasteiger partial charge on any atom is -0.262 e. The van der Waals surface area contributed by atoms with Gasteiger partial charge in [0.05, 0.1) is 0 Å². The molecule has 0 fully saturated rings. The molecule has 1 nitrogen and oxygen atoms in total. The average molecular weight is 133 g/mol. The zero-order valence-corrected chi connectivity index (χ0v) is 6.33. The van der Waals surface area contributed by atoms with Gasteiger partial charge >= 0.3 is 0 Å². The molecule has 0 amide bonds. The first-order chi connectivity index (χ1) is 4.79. The Balaban J connectivity index is 2.84. The number of allylic oxidation sites excluding steroid dienone is 6. The van der Waals surface area contributed by atoms with Gasteiger partial charge in [0.15, 0.2) is 0 Å². The number of hydrogen-bond acceptors (Lipinski definition) is 1. The molecule has 0 aromatic heterocycles. The molecule has 0 aliphatic carbocycles. The summed E-state index contributed by atoms with van der Waals surface area (Å²) in [6.07, 6.45) is 9.89. The zero-order chi connectivity index (χ0) is 7.40. The lowest BCUT2D eigenvalue weighted by Crippen LogP contribution is -1.76. The summed E-state index contributed by atoms with van der Waals surface area (Å²) in [6.45, 7) is 4.03. The highest BCUT2D eigenvalue weighted by molar-refractivity contribution is 5.74. The molecule has 0 N–H and O–H groups in total. The molecule has 52 valence electrons. The second-order valence-electron chi connectivity index (χ2n) is 2.36. The second-order valence-corrected chi connectivity index (χ2v) is 2.36. The van der Waals surface area contributed by atoms with E-state index in [2.05, 4.69) is 18.0 Å². The Hall–Kier alpha value is -1.11. The van der Waals surface area contributed by atoms with Crippen molar-refractivity contribution in [3.63, 3.8) is 0 Å². The van der Waals surface area contributed by atoms with Gasteiger partial charge in [-0.2, -0.15) is 0 Å². The number of hydrogen-bond donors (Lipinski definition) is 0. The van der Waals surface area contributed by atoms with Crippen molar-refractivity contribution < 1.29 is 0 Å².